The highest BCUT2D eigenvalue weighted by Gasteiger charge is 2.49. The molecule has 34 heavy (non-hydrogen) atoms. The van der Waals surface area contributed by atoms with Crippen LogP contribution in [0.5, 0.6) is 0 Å². The van der Waals surface area contributed by atoms with E-state index in [1.165, 1.54) is 9.13 Å². The molecule has 4 atom stereocenters. The normalized spacial score (nSPS) is 22.4. The molecule has 0 saturated carbocycles. The van der Waals surface area contributed by atoms with Crippen LogP contribution >= 0.6 is 11.6 Å². The fourth-order valence-corrected chi connectivity index (χ4v) is 4.24. The number of esters is 3. The Bertz CT molecular complexity index is 1250. The molecule has 0 aliphatic carbocycles. The zero-order valence-corrected chi connectivity index (χ0v) is 20.0. The van der Waals surface area contributed by atoms with Gasteiger partial charge in [0, 0.05) is 33.9 Å². The highest BCUT2D eigenvalue weighted by molar-refractivity contribution is 6.29. The van der Waals surface area contributed by atoms with Gasteiger partial charge in [0.15, 0.2) is 35.7 Å². The molecule has 3 rings (SSSR count). The van der Waals surface area contributed by atoms with Crippen LogP contribution in [0.3, 0.4) is 0 Å². The van der Waals surface area contributed by atoms with Gasteiger partial charge in [-0.1, -0.05) is 0 Å². The minimum Gasteiger partial charge on any atom is -0.456 e. The van der Waals surface area contributed by atoms with Crippen molar-refractivity contribution in [3.63, 3.8) is 0 Å². The van der Waals surface area contributed by atoms with E-state index in [-0.39, 0.29) is 36.1 Å². The first kappa shape index (κ1) is 25.4. The number of halogens is 1. The van der Waals surface area contributed by atoms with Crippen molar-refractivity contribution in [3.8, 4) is 0 Å². The number of hydrogen-bond donors (Lipinski definition) is 0. The van der Waals surface area contributed by atoms with E-state index in [4.69, 9.17) is 30.5 Å². The summed E-state index contributed by atoms with van der Waals surface area (Å²) in [6.07, 6.45) is -4.99. The molecular formula is C20H25ClN4O9. The predicted molar refractivity (Wildman–Crippen MR) is 116 cm³/mol. The van der Waals surface area contributed by atoms with Crippen LogP contribution in [-0.2, 0) is 46.4 Å². The first-order chi connectivity index (χ1) is 16.0. The Morgan fingerprint density at radius 3 is 2.06 bits per heavy atom. The Kier molecular flexibility index (Phi) is 7.46. The van der Waals surface area contributed by atoms with E-state index in [0.717, 1.165) is 25.3 Å². The molecule has 0 amide bonds. The summed E-state index contributed by atoms with van der Waals surface area (Å²) in [6.45, 7) is 6.79. The molecule has 1 fully saturated rings. The third-order valence-corrected chi connectivity index (χ3v) is 5.49. The number of aromatic nitrogens is 4. The van der Waals surface area contributed by atoms with Gasteiger partial charge in [0.1, 0.15) is 0 Å². The number of imidazole rings is 1. The number of rotatable bonds is 6. The van der Waals surface area contributed by atoms with E-state index >= 15 is 0 Å². The molecule has 1 aliphatic heterocycles. The third-order valence-electron chi connectivity index (χ3n) is 5.22. The van der Waals surface area contributed by atoms with Crippen LogP contribution in [0.1, 0.15) is 40.8 Å². The Labute approximate surface area is 198 Å². The minimum atomic E-state index is -1.36. The average Bonchev–Trinajstić information content (AvgIpc) is 3.07. The molecule has 0 unspecified atom stereocenters. The maximum atomic E-state index is 12.9. The van der Waals surface area contributed by atoms with Crippen LogP contribution in [-0.4, -0.2) is 61.5 Å². The van der Waals surface area contributed by atoms with Crippen molar-refractivity contribution in [3.05, 3.63) is 26.1 Å². The van der Waals surface area contributed by atoms with Crippen molar-refractivity contribution in [2.45, 2.75) is 72.2 Å². The van der Waals surface area contributed by atoms with Gasteiger partial charge < -0.3 is 18.9 Å². The number of carbonyl (C=O) groups excluding carboxylic acids is 3. The summed E-state index contributed by atoms with van der Waals surface area (Å²) in [5, 5.41) is -0.225. The average molecular weight is 501 g/mol. The first-order valence-electron chi connectivity index (χ1n) is 10.6. The molecule has 0 spiro atoms. The standard InChI is InChI=1S/C20H25ClN4O9/c1-6-23-16-13(17(29)24(7-2)20(23)30)22-19(21)25(16)18-15(34-11(5)28)14(33-10(4)27)12(8-31-18)32-9(3)26/h12,14-15,18H,6-8H2,1-5H3/t12-,14-,15-,18+/m1/s1. The SMILES string of the molecule is CCn1c(=O)c2nc(Cl)n([C@H]3OC[C@@H](OC(C)=O)[C@@H](OC(C)=O)[C@H]3OC(C)=O)c2n(CC)c1=O. The fraction of sp³-hybridized carbons (Fsp3) is 0.600. The van der Waals surface area contributed by atoms with Crippen LogP contribution in [0.15, 0.2) is 9.59 Å². The van der Waals surface area contributed by atoms with E-state index in [1.807, 2.05) is 0 Å². The molecule has 0 N–H and O–H groups in total. The zero-order valence-electron chi connectivity index (χ0n) is 19.3. The van der Waals surface area contributed by atoms with Gasteiger partial charge in [-0.15, -0.1) is 0 Å². The summed E-state index contributed by atoms with van der Waals surface area (Å²) in [5.41, 5.74) is -1.29. The minimum absolute atomic E-state index is 0.0434. The smallest absolute Gasteiger partial charge is 0.332 e. The Balaban J connectivity index is 2.27. The van der Waals surface area contributed by atoms with Gasteiger partial charge in [0.05, 0.1) is 6.61 Å². The van der Waals surface area contributed by atoms with Gasteiger partial charge in [0.2, 0.25) is 5.28 Å². The van der Waals surface area contributed by atoms with E-state index in [1.54, 1.807) is 13.8 Å². The lowest BCUT2D eigenvalue weighted by Gasteiger charge is -2.41. The maximum absolute atomic E-state index is 12.9. The lowest BCUT2D eigenvalue weighted by molar-refractivity contribution is -0.239. The summed E-state index contributed by atoms with van der Waals surface area (Å²) < 4.78 is 25.4. The quantitative estimate of drug-likeness (QED) is 0.309. The predicted octanol–water partition coefficient (Wildman–Crippen LogP) is 0.377. The van der Waals surface area contributed by atoms with Gasteiger partial charge in [-0.3, -0.25) is 32.9 Å². The summed E-state index contributed by atoms with van der Waals surface area (Å²) in [4.78, 5) is 65.4. The summed E-state index contributed by atoms with van der Waals surface area (Å²) in [6, 6.07) is 0. The van der Waals surface area contributed by atoms with E-state index in [2.05, 4.69) is 4.98 Å². The number of hydrogen-bond acceptors (Lipinski definition) is 10. The van der Waals surface area contributed by atoms with Crippen molar-refractivity contribution < 1.29 is 33.3 Å². The lowest BCUT2D eigenvalue weighted by Crippen LogP contribution is -2.55. The molecule has 14 heteroatoms. The van der Waals surface area contributed by atoms with E-state index < -0.39 is 53.7 Å². The number of aryl methyl sites for hydroxylation is 1. The monoisotopic (exact) mass is 500 g/mol. The molecular weight excluding hydrogens is 476 g/mol. The fourth-order valence-electron chi connectivity index (χ4n) is 3.98. The van der Waals surface area contributed by atoms with E-state index in [9.17, 15) is 24.0 Å². The maximum Gasteiger partial charge on any atom is 0.332 e. The van der Waals surface area contributed by atoms with Crippen molar-refractivity contribution >= 4 is 40.7 Å². The summed E-state index contributed by atoms with van der Waals surface area (Å²) >= 11 is 6.40. The molecule has 1 aliphatic rings. The zero-order chi connectivity index (χ0) is 25.3. The molecule has 0 aromatic carbocycles. The highest BCUT2D eigenvalue weighted by atomic mass is 35.5. The molecule has 2 aromatic rings. The number of nitrogens with zero attached hydrogens (tertiary/aromatic N) is 4. The third kappa shape index (κ3) is 4.57. The lowest BCUT2D eigenvalue weighted by atomic mass is 10.0. The second-order valence-corrected chi connectivity index (χ2v) is 7.86. The van der Waals surface area contributed by atoms with Gasteiger partial charge in [-0.2, -0.15) is 0 Å². The molecule has 0 bridgehead atoms. The van der Waals surface area contributed by atoms with Crippen LogP contribution in [0.25, 0.3) is 11.2 Å². The second kappa shape index (κ2) is 9.97. The Hall–Kier alpha value is -3.19. The molecule has 3 heterocycles. The van der Waals surface area contributed by atoms with Crippen molar-refractivity contribution in [2.24, 2.45) is 0 Å². The highest BCUT2D eigenvalue weighted by Crippen LogP contribution is 2.34. The molecule has 1 saturated heterocycles. The summed E-state index contributed by atoms with van der Waals surface area (Å²) in [7, 11) is 0. The molecule has 0 radical (unpaired) electrons. The largest absolute Gasteiger partial charge is 0.456 e. The summed E-state index contributed by atoms with van der Waals surface area (Å²) in [5.74, 6) is -2.14. The molecule has 186 valence electrons. The van der Waals surface area contributed by atoms with Crippen molar-refractivity contribution in [2.75, 3.05) is 6.61 Å². The van der Waals surface area contributed by atoms with Crippen molar-refractivity contribution in [1.29, 1.82) is 0 Å². The molecule has 2 aromatic heterocycles. The Morgan fingerprint density at radius 1 is 0.971 bits per heavy atom. The van der Waals surface area contributed by atoms with Gasteiger partial charge >= 0.3 is 23.6 Å². The van der Waals surface area contributed by atoms with Gasteiger partial charge in [-0.25, -0.2) is 9.78 Å². The first-order valence-corrected chi connectivity index (χ1v) is 10.9. The van der Waals surface area contributed by atoms with Gasteiger partial charge in [-0.05, 0) is 25.4 Å². The Morgan fingerprint density at radius 2 is 1.53 bits per heavy atom. The number of carbonyl (C=O) groups is 3. The molecule has 13 nitrogen and oxygen atoms in total. The van der Waals surface area contributed by atoms with Crippen LogP contribution < -0.4 is 11.2 Å². The van der Waals surface area contributed by atoms with Crippen LogP contribution in [0, 0.1) is 0 Å². The topological polar surface area (TPSA) is 150 Å². The van der Waals surface area contributed by atoms with Gasteiger partial charge in [0.25, 0.3) is 5.56 Å². The van der Waals surface area contributed by atoms with E-state index in [0.29, 0.717) is 0 Å². The number of fused-ring (bicyclic) bond motifs is 1. The second-order valence-electron chi connectivity index (χ2n) is 7.52. The number of ether oxygens (including phenoxy) is 4. The van der Waals surface area contributed by atoms with Crippen molar-refractivity contribution in [1.82, 2.24) is 18.7 Å². The van der Waals surface area contributed by atoms with Crippen LogP contribution in [0.2, 0.25) is 5.28 Å². The van der Waals surface area contributed by atoms with Crippen LogP contribution in [0.4, 0.5) is 0 Å².